The monoisotopic (exact) mass is 377 g/mol. The van der Waals surface area contributed by atoms with Gasteiger partial charge in [0.15, 0.2) is 6.57 Å². The second kappa shape index (κ2) is 6.76. The van der Waals surface area contributed by atoms with Crippen LogP contribution >= 0.6 is 0 Å². The van der Waals surface area contributed by atoms with E-state index in [-0.39, 0.29) is 39.9 Å². The average Bonchev–Trinajstić information content (AvgIpc) is 3.20. The van der Waals surface area contributed by atoms with Gasteiger partial charge in [0.1, 0.15) is 5.75 Å². The van der Waals surface area contributed by atoms with Crippen molar-refractivity contribution in [2.75, 3.05) is 7.04 Å². The van der Waals surface area contributed by atoms with Crippen LogP contribution in [0.1, 0.15) is 25.0 Å². The number of rotatable bonds is 5. The van der Waals surface area contributed by atoms with Crippen molar-refractivity contribution < 1.29 is 24.1 Å². The lowest BCUT2D eigenvalue weighted by molar-refractivity contribution is 0.410. The molecule has 4 rings (SSSR count). The summed E-state index contributed by atoms with van der Waals surface area (Å²) in [6.07, 6.45) is 0.394. The highest BCUT2D eigenvalue weighted by atomic mass is 32.2. The number of nitrogens with one attached hydrogen (secondary N) is 1. The fraction of sp³-hybridized carbons (Fsp3) is 0.158. The summed E-state index contributed by atoms with van der Waals surface area (Å²) in [5.74, 6) is -0.950. The molecule has 0 aliphatic rings. The van der Waals surface area contributed by atoms with Gasteiger partial charge < -0.3 is 14.3 Å². The number of aromatic amines is 1. The zero-order valence-corrected chi connectivity index (χ0v) is 13.9. The Bertz CT molecular complexity index is 1520. The van der Waals surface area contributed by atoms with E-state index in [1.165, 1.54) is 18.2 Å². The van der Waals surface area contributed by atoms with Crippen LogP contribution in [0.5, 0.6) is 5.75 Å². The van der Waals surface area contributed by atoms with E-state index < -0.39 is 53.8 Å². The summed E-state index contributed by atoms with van der Waals surface area (Å²) in [7, 11) is -5.03. The van der Waals surface area contributed by atoms with Gasteiger partial charge in [0.25, 0.3) is 0 Å². The van der Waals surface area contributed by atoms with Crippen LogP contribution < -0.4 is 4.74 Å². The Morgan fingerprint density at radius 1 is 1.38 bits per heavy atom. The first-order valence-electron chi connectivity index (χ1n) is 12.8. The van der Waals surface area contributed by atoms with Gasteiger partial charge in [-0.05, 0) is 43.2 Å². The van der Waals surface area contributed by atoms with Gasteiger partial charge in [-0.25, -0.2) is 4.98 Å². The predicted molar refractivity (Wildman–Crippen MR) is 101 cm³/mol. The normalized spacial score (nSPS) is 19.5. The molecule has 4 aromatic rings. The third kappa shape index (κ3) is 3.01. The smallest absolute Gasteiger partial charge is 0.197 e. The summed E-state index contributed by atoms with van der Waals surface area (Å²) in [5.41, 5.74) is -0.0807. The molecule has 1 unspecified atom stereocenters. The summed E-state index contributed by atoms with van der Waals surface area (Å²) >= 11 is 0. The van der Waals surface area contributed by atoms with Gasteiger partial charge in [0.2, 0.25) is 0 Å². The maximum absolute atomic E-state index is 13.2. The van der Waals surface area contributed by atoms with Crippen molar-refractivity contribution in [3.05, 3.63) is 66.2 Å². The summed E-state index contributed by atoms with van der Waals surface area (Å²) in [6.45, 7) is -2.84. The molecule has 0 saturated heterocycles. The zero-order chi connectivity index (χ0) is 27.4. The number of imidazole rings is 1. The second-order valence-electron chi connectivity index (χ2n) is 5.21. The molecule has 0 spiro atoms. The number of fused-ring (bicyclic) bond motifs is 1. The van der Waals surface area contributed by atoms with E-state index in [1.54, 1.807) is 0 Å². The van der Waals surface area contributed by atoms with E-state index in [0.717, 1.165) is 21.8 Å². The van der Waals surface area contributed by atoms with Crippen molar-refractivity contribution in [1.82, 2.24) is 19.5 Å². The molecular formula is C19H18N4O2S. The molecule has 3 aromatic heterocycles. The number of benzene rings is 1. The molecule has 0 amide bonds. The Labute approximate surface area is 168 Å². The highest BCUT2D eigenvalue weighted by molar-refractivity contribution is 7.84. The van der Waals surface area contributed by atoms with Gasteiger partial charge >= 0.3 is 0 Å². The highest BCUT2D eigenvalue weighted by Crippen LogP contribution is 2.22. The van der Waals surface area contributed by atoms with Crippen molar-refractivity contribution in [2.45, 2.75) is 17.8 Å². The van der Waals surface area contributed by atoms with Crippen LogP contribution in [-0.2, 0) is 16.6 Å². The maximum Gasteiger partial charge on any atom is 0.197 e. The third-order valence-electron chi connectivity index (χ3n) is 3.62. The number of H-pyrrole nitrogens is 1. The van der Waals surface area contributed by atoms with Crippen LogP contribution in [0.2, 0.25) is 1.41 Å². The number of nitrogens with zero attached hydrogens (tertiary/aromatic N) is 3. The Morgan fingerprint density at radius 3 is 3.08 bits per heavy atom. The molecule has 0 radical (unpaired) electrons. The molecule has 1 aromatic carbocycles. The highest BCUT2D eigenvalue weighted by Gasteiger charge is 2.15. The predicted octanol–water partition coefficient (Wildman–Crippen LogP) is 3.37. The lowest BCUT2D eigenvalue weighted by Gasteiger charge is -2.08. The minimum absolute atomic E-state index is 0.171. The van der Waals surface area contributed by atoms with Crippen molar-refractivity contribution >= 4 is 21.8 Å². The largest absolute Gasteiger partial charge is 0.496 e. The molecule has 1 atom stereocenters. The van der Waals surface area contributed by atoms with Crippen molar-refractivity contribution in [1.29, 1.82) is 0 Å². The first-order valence-corrected chi connectivity index (χ1v) is 8.65. The quantitative estimate of drug-likeness (QED) is 0.579. The molecule has 0 aliphatic heterocycles. The van der Waals surface area contributed by atoms with Crippen LogP contribution in [0.4, 0.5) is 0 Å². The molecule has 6 nitrogen and oxygen atoms in total. The molecule has 1 N–H and O–H groups in total. The Morgan fingerprint density at radius 2 is 2.27 bits per heavy atom. The van der Waals surface area contributed by atoms with Gasteiger partial charge in [-0.1, -0.05) is 0 Å². The number of aromatic nitrogens is 4. The average molecular weight is 378 g/mol. The van der Waals surface area contributed by atoms with E-state index in [9.17, 15) is 4.21 Å². The molecule has 3 heterocycles. The number of methoxy groups -OCH3 is 1. The molecule has 7 heteroatoms. The van der Waals surface area contributed by atoms with E-state index in [4.69, 9.17) is 19.9 Å². The second-order valence-corrected chi connectivity index (χ2v) is 6.56. The van der Waals surface area contributed by atoms with Crippen LogP contribution in [0.3, 0.4) is 0 Å². The van der Waals surface area contributed by atoms with E-state index in [1.807, 2.05) is 0 Å². The standard InChI is InChI=1S/C19H18N4O2S/c1-13-17(20-8-7-18(13)25-2)12-26(24)19-21-15-6-5-14(11-16(15)22-19)23-9-3-4-10-23/h3-11H,12H2,1-2H3,(H,21,22)/i1D3,2D3,3D,4D,9D,10D/hD. The number of hydrogen-bond donors (Lipinski definition) is 1. The lowest BCUT2D eigenvalue weighted by Crippen LogP contribution is -2.03. The van der Waals surface area contributed by atoms with Crippen molar-refractivity contribution in [3.63, 3.8) is 0 Å². The molecule has 0 fully saturated rings. The zero-order valence-electron chi connectivity index (χ0n) is 24.1. The first-order chi connectivity index (χ1) is 17.1. The minimum Gasteiger partial charge on any atom is -0.496 e. The lowest BCUT2D eigenvalue weighted by atomic mass is 10.2. The van der Waals surface area contributed by atoms with Gasteiger partial charge in [-0.15, -0.1) is 0 Å². The van der Waals surface area contributed by atoms with Crippen LogP contribution in [0.15, 0.2) is 60.0 Å². The van der Waals surface area contributed by atoms with E-state index in [0.29, 0.717) is 0 Å². The van der Waals surface area contributed by atoms with Crippen molar-refractivity contribution in [2.24, 2.45) is 0 Å². The number of hydrogen-bond acceptors (Lipinski definition) is 4. The van der Waals surface area contributed by atoms with Gasteiger partial charge in [-0.2, -0.15) is 0 Å². The molecule has 132 valence electrons. The molecule has 0 saturated carbocycles. The Balaban J connectivity index is 1.74. The van der Waals surface area contributed by atoms with Crippen LogP contribution in [-0.4, -0.2) is 30.8 Å². The molecule has 0 aliphatic carbocycles. The van der Waals surface area contributed by atoms with Gasteiger partial charge in [0.05, 0.1) is 49.9 Å². The van der Waals surface area contributed by atoms with E-state index in [2.05, 4.69) is 9.97 Å². The SMILES string of the molecule is [2H]c1c([2H])c([2H])n(-c2ccc3c(c2)nc(S(=O)Cc2nccc(OC([2H])([2H])[2H])c2C([2H])([2H])[2H])n3[2H])c1[2H]. The van der Waals surface area contributed by atoms with E-state index >= 15 is 0 Å². The van der Waals surface area contributed by atoms with Crippen LogP contribution in [0, 0.1) is 6.85 Å². The molecular weight excluding hydrogens is 348 g/mol. The fourth-order valence-corrected chi connectivity index (χ4v) is 3.36. The summed E-state index contributed by atoms with van der Waals surface area (Å²) in [4.78, 5) is 8.98. The Hall–Kier alpha value is -2.93. The molecule has 0 bridgehead atoms. The number of pyridine rings is 1. The summed E-state index contributed by atoms with van der Waals surface area (Å²) < 4.78 is 104. The summed E-state index contributed by atoms with van der Waals surface area (Å²) in [6, 6.07) is 4.57. The van der Waals surface area contributed by atoms with Crippen LogP contribution in [0.25, 0.3) is 16.7 Å². The number of ether oxygens (including phenoxy) is 1. The third-order valence-corrected chi connectivity index (χ3v) is 4.75. The topological polar surface area (TPSA) is 72.8 Å². The maximum atomic E-state index is 13.2. The minimum atomic E-state index is -2.93. The Kier molecular flexibility index (Phi) is 2.13. The van der Waals surface area contributed by atoms with Gasteiger partial charge in [0, 0.05) is 33.9 Å². The summed E-state index contributed by atoms with van der Waals surface area (Å²) in [5, 5.41) is -0.250. The molecule has 26 heavy (non-hydrogen) atoms. The van der Waals surface area contributed by atoms with Gasteiger partial charge in [-0.3, -0.25) is 9.19 Å². The fourth-order valence-electron chi connectivity index (χ4n) is 2.36. The van der Waals surface area contributed by atoms with Crippen molar-refractivity contribution in [3.8, 4) is 11.4 Å². The first kappa shape index (κ1) is 8.18.